The Balaban J connectivity index is 3.30. The first-order valence-electron chi connectivity index (χ1n) is 5.15. The molecule has 0 unspecified atom stereocenters. The van der Waals surface area contributed by atoms with E-state index in [-0.39, 0.29) is 0 Å². The Morgan fingerprint density at radius 1 is 1.18 bits per heavy atom. The summed E-state index contributed by atoms with van der Waals surface area (Å²) in [6, 6.07) is 3.87. The molecule has 1 rings (SSSR count). The van der Waals surface area contributed by atoms with Crippen LogP contribution in [0.5, 0.6) is 11.5 Å². The summed E-state index contributed by atoms with van der Waals surface area (Å²) in [5.74, 6) is 1.47. The van der Waals surface area contributed by atoms with Gasteiger partial charge >= 0.3 is 0 Å². The highest BCUT2D eigenvalue weighted by molar-refractivity contribution is 9.10. The lowest BCUT2D eigenvalue weighted by Gasteiger charge is -2.13. The van der Waals surface area contributed by atoms with Crippen LogP contribution in [0.4, 0.5) is 0 Å². The zero-order valence-corrected chi connectivity index (χ0v) is 12.0. The molecule has 2 N–H and O–H groups in total. The van der Waals surface area contributed by atoms with Gasteiger partial charge in [0.25, 0.3) is 0 Å². The van der Waals surface area contributed by atoms with Crippen LogP contribution in [0.1, 0.15) is 5.56 Å². The summed E-state index contributed by atoms with van der Waals surface area (Å²) < 4.78 is 11.4. The Labute approximate surface area is 110 Å². The van der Waals surface area contributed by atoms with E-state index in [1.54, 1.807) is 14.2 Å². The number of methoxy groups -OCH3 is 2. The molecule has 1 aromatic rings. The van der Waals surface area contributed by atoms with Crippen molar-refractivity contribution >= 4 is 21.6 Å². The highest BCUT2D eigenvalue weighted by Crippen LogP contribution is 2.36. The minimum atomic E-state index is 0.733. The van der Waals surface area contributed by atoms with Crippen LogP contribution in [-0.4, -0.2) is 28.3 Å². The lowest BCUT2D eigenvalue weighted by atomic mass is 10.1. The van der Waals surface area contributed by atoms with E-state index in [1.807, 2.05) is 32.4 Å². The number of benzene rings is 1. The maximum Gasteiger partial charge on any atom is 0.137 e. The summed E-state index contributed by atoms with van der Waals surface area (Å²) in [5, 5.41) is 6.10. The van der Waals surface area contributed by atoms with Gasteiger partial charge in [-0.3, -0.25) is 0 Å². The van der Waals surface area contributed by atoms with Crippen molar-refractivity contribution in [1.29, 1.82) is 0 Å². The monoisotopic (exact) mass is 300 g/mol. The van der Waals surface area contributed by atoms with Gasteiger partial charge in [-0.15, -0.1) is 0 Å². The van der Waals surface area contributed by atoms with Crippen molar-refractivity contribution in [2.45, 2.75) is 0 Å². The Morgan fingerprint density at radius 2 is 1.71 bits per heavy atom. The van der Waals surface area contributed by atoms with Crippen LogP contribution < -0.4 is 20.1 Å². The first-order chi connectivity index (χ1) is 8.17. The van der Waals surface area contributed by atoms with E-state index in [0.29, 0.717) is 0 Å². The van der Waals surface area contributed by atoms with Crippen molar-refractivity contribution in [3.63, 3.8) is 0 Å². The molecule has 0 aliphatic carbocycles. The number of hydrogen-bond donors (Lipinski definition) is 2. The maximum absolute atomic E-state index is 5.30. The maximum atomic E-state index is 5.30. The third-order valence-corrected chi connectivity index (χ3v) is 3.10. The summed E-state index contributed by atoms with van der Waals surface area (Å²) in [4.78, 5) is 0. The SMILES string of the molecule is CN/C=C(\NC)c1cc(OC)c(Br)c(OC)c1. The number of nitrogens with one attached hydrogen (secondary N) is 2. The molecule has 0 amide bonds. The van der Waals surface area contributed by atoms with Crippen molar-refractivity contribution in [2.75, 3.05) is 28.3 Å². The van der Waals surface area contributed by atoms with Crippen LogP contribution in [0.3, 0.4) is 0 Å². The van der Waals surface area contributed by atoms with Gasteiger partial charge in [0, 0.05) is 25.9 Å². The number of rotatable bonds is 5. The highest BCUT2D eigenvalue weighted by atomic mass is 79.9. The molecule has 4 nitrogen and oxygen atoms in total. The molecular formula is C12H17BrN2O2. The molecule has 0 spiro atoms. The predicted octanol–water partition coefficient (Wildman–Crippen LogP) is 2.20. The average molecular weight is 301 g/mol. The molecule has 0 aliphatic heterocycles. The van der Waals surface area contributed by atoms with E-state index in [4.69, 9.17) is 9.47 Å². The van der Waals surface area contributed by atoms with Gasteiger partial charge in [-0.25, -0.2) is 0 Å². The van der Waals surface area contributed by atoms with Gasteiger partial charge in [0.2, 0.25) is 0 Å². The van der Waals surface area contributed by atoms with Crippen molar-refractivity contribution in [3.8, 4) is 11.5 Å². The molecule has 1 aromatic carbocycles. The second-order valence-electron chi connectivity index (χ2n) is 3.29. The van der Waals surface area contributed by atoms with Crippen LogP contribution in [0.15, 0.2) is 22.8 Å². The van der Waals surface area contributed by atoms with Crippen LogP contribution in [-0.2, 0) is 0 Å². The minimum absolute atomic E-state index is 0.733. The molecule has 0 bridgehead atoms. The number of ether oxygens (including phenoxy) is 2. The van der Waals surface area contributed by atoms with Gasteiger partial charge in [-0.1, -0.05) is 0 Å². The minimum Gasteiger partial charge on any atom is -0.495 e. The van der Waals surface area contributed by atoms with Crippen LogP contribution in [0.2, 0.25) is 0 Å². The van der Waals surface area contributed by atoms with Crippen LogP contribution in [0.25, 0.3) is 5.70 Å². The number of halogens is 1. The number of hydrogen-bond acceptors (Lipinski definition) is 4. The molecule has 0 atom stereocenters. The summed E-state index contributed by atoms with van der Waals surface area (Å²) in [6.45, 7) is 0. The Hall–Kier alpha value is -1.36. The molecule has 0 radical (unpaired) electrons. The molecule has 0 heterocycles. The normalized spacial score (nSPS) is 11.0. The van der Waals surface area contributed by atoms with Crippen molar-refractivity contribution in [3.05, 3.63) is 28.4 Å². The fourth-order valence-electron chi connectivity index (χ4n) is 1.47. The summed E-state index contributed by atoms with van der Waals surface area (Å²) in [6.07, 6.45) is 1.88. The zero-order valence-electron chi connectivity index (χ0n) is 10.4. The summed E-state index contributed by atoms with van der Waals surface area (Å²) in [5.41, 5.74) is 1.94. The summed E-state index contributed by atoms with van der Waals surface area (Å²) >= 11 is 3.44. The second kappa shape index (κ2) is 6.39. The topological polar surface area (TPSA) is 42.5 Å². The molecule has 17 heavy (non-hydrogen) atoms. The molecule has 0 fully saturated rings. The average Bonchev–Trinajstić information content (AvgIpc) is 2.36. The molecule has 5 heteroatoms. The van der Waals surface area contributed by atoms with Crippen molar-refractivity contribution in [2.24, 2.45) is 0 Å². The van der Waals surface area contributed by atoms with Crippen molar-refractivity contribution < 1.29 is 9.47 Å². The third-order valence-electron chi connectivity index (χ3n) is 2.31. The van der Waals surface area contributed by atoms with Gasteiger partial charge in [0.1, 0.15) is 16.0 Å². The smallest absolute Gasteiger partial charge is 0.137 e. The summed E-state index contributed by atoms with van der Waals surface area (Å²) in [7, 11) is 6.98. The molecular weight excluding hydrogens is 284 g/mol. The Morgan fingerprint density at radius 3 is 2.06 bits per heavy atom. The third kappa shape index (κ3) is 3.06. The highest BCUT2D eigenvalue weighted by Gasteiger charge is 2.11. The van der Waals surface area contributed by atoms with Gasteiger partial charge in [-0.05, 0) is 28.1 Å². The lowest BCUT2D eigenvalue weighted by Crippen LogP contribution is -2.09. The van der Waals surface area contributed by atoms with Gasteiger partial charge in [-0.2, -0.15) is 0 Å². The Kier molecular flexibility index (Phi) is 5.15. The second-order valence-corrected chi connectivity index (χ2v) is 4.08. The van der Waals surface area contributed by atoms with Gasteiger partial charge in [0.05, 0.1) is 19.9 Å². The van der Waals surface area contributed by atoms with E-state index in [0.717, 1.165) is 27.2 Å². The van der Waals surface area contributed by atoms with E-state index >= 15 is 0 Å². The van der Waals surface area contributed by atoms with Gasteiger partial charge < -0.3 is 20.1 Å². The van der Waals surface area contributed by atoms with E-state index < -0.39 is 0 Å². The largest absolute Gasteiger partial charge is 0.495 e. The van der Waals surface area contributed by atoms with Gasteiger partial charge in [0.15, 0.2) is 0 Å². The first kappa shape index (κ1) is 13.7. The lowest BCUT2D eigenvalue weighted by molar-refractivity contribution is 0.389. The molecule has 0 aliphatic rings. The van der Waals surface area contributed by atoms with Crippen molar-refractivity contribution in [1.82, 2.24) is 10.6 Å². The predicted molar refractivity (Wildman–Crippen MR) is 73.3 cm³/mol. The van der Waals surface area contributed by atoms with E-state index in [1.165, 1.54) is 0 Å². The fourth-order valence-corrected chi connectivity index (χ4v) is 2.02. The quantitative estimate of drug-likeness (QED) is 0.875. The molecule has 94 valence electrons. The van der Waals surface area contributed by atoms with Crippen LogP contribution in [0, 0.1) is 0 Å². The fraction of sp³-hybridized carbons (Fsp3) is 0.333. The standard InChI is InChI=1S/C12H17BrN2O2/c1-14-7-9(15-2)8-5-10(16-3)12(13)11(6-8)17-4/h5-7,14-15H,1-4H3/b9-7-. The molecule has 0 saturated carbocycles. The van der Waals surface area contributed by atoms with E-state index in [9.17, 15) is 0 Å². The molecule has 0 saturated heterocycles. The first-order valence-corrected chi connectivity index (χ1v) is 5.94. The van der Waals surface area contributed by atoms with E-state index in [2.05, 4.69) is 26.6 Å². The Bertz CT molecular complexity index is 394. The van der Waals surface area contributed by atoms with Crippen LogP contribution >= 0.6 is 15.9 Å². The zero-order chi connectivity index (χ0) is 12.8. The molecule has 0 aromatic heterocycles.